The van der Waals surface area contributed by atoms with E-state index in [1.165, 1.54) is 0 Å². The minimum atomic E-state index is -3.39. The number of hydrogen-bond donors (Lipinski definition) is 1. The van der Waals surface area contributed by atoms with Crippen molar-refractivity contribution in [3.8, 4) is 0 Å². The Balaban J connectivity index is 2.79. The third-order valence-electron chi connectivity index (χ3n) is 2.43. The van der Waals surface area contributed by atoms with E-state index >= 15 is 0 Å². The summed E-state index contributed by atoms with van der Waals surface area (Å²) in [6.07, 6.45) is 0.465. The predicted octanol–water partition coefficient (Wildman–Crippen LogP) is 2.30. The Labute approximate surface area is 109 Å². The summed E-state index contributed by atoms with van der Waals surface area (Å²) in [5.41, 5.74) is 1.59. The molecule has 6 heteroatoms. The van der Waals surface area contributed by atoms with Crippen molar-refractivity contribution in [2.75, 3.05) is 11.7 Å². The van der Waals surface area contributed by atoms with Crippen LogP contribution in [0.4, 0.5) is 0 Å². The van der Waals surface area contributed by atoms with Gasteiger partial charge in [0.25, 0.3) is 0 Å². The average Bonchev–Trinajstić information content (AvgIpc) is 2.27. The molecule has 0 saturated carbocycles. The topological polar surface area (TPSA) is 46.2 Å². The largest absolute Gasteiger partial charge is 0.240 e. The van der Waals surface area contributed by atoms with Gasteiger partial charge in [-0.3, -0.25) is 0 Å². The second kappa shape index (κ2) is 5.52. The minimum absolute atomic E-state index is 0.308. The highest BCUT2D eigenvalue weighted by molar-refractivity contribution is 7.89. The number of nitrogens with one attached hydrogen (secondary N) is 1. The monoisotopic (exact) mass is 291 g/mol. The molecule has 3 nitrogen and oxygen atoms in total. The van der Waals surface area contributed by atoms with Gasteiger partial charge in [0.2, 0.25) is 10.0 Å². The van der Waals surface area contributed by atoms with Crippen molar-refractivity contribution in [2.24, 2.45) is 0 Å². The highest BCUT2D eigenvalue weighted by Gasteiger charge is 2.23. The molecule has 17 heavy (non-hydrogen) atoms. The number of rotatable bonds is 5. The number of alkyl halides is 1. The van der Waals surface area contributed by atoms with Gasteiger partial charge in [-0.05, 0) is 19.1 Å². The first-order chi connectivity index (χ1) is 7.77. The van der Waals surface area contributed by atoms with Crippen LogP contribution in [0.25, 0.3) is 0 Å². The standard InChI is InChI=1S/C11H18ClNO2SSi/c1-10-4-6-11(7-5-10)16(14,15)13-9-17(2,3)8-12/h4-7,13H,8-9H2,1-3H3. The quantitative estimate of drug-likeness (QED) is 0.668. The van der Waals surface area contributed by atoms with Crippen molar-refractivity contribution >= 4 is 29.7 Å². The van der Waals surface area contributed by atoms with Crippen LogP contribution in [0.3, 0.4) is 0 Å². The van der Waals surface area contributed by atoms with Crippen molar-refractivity contribution in [3.63, 3.8) is 0 Å². The van der Waals surface area contributed by atoms with Crippen LogP contribution in [-0.4, -0.2) is 28.2 Å². The zero-order chi connectivity index (χ0) is 13.1. The van der Waals surface area contributed by atoms with Crippen molar-refractivity contribution in [2.45, 2.75) is 24.9 Å². The van der Waals surface area contributed by atoms with Crippen molar-refractivity contribution in [1.29, 1.82) is 0 Å². The molecule has 0 radical (unpaired) electrons. The molecule has 1 N–H and O–H groups in total. The first-order valence-corrected chi connectivity index (χ1v) is 10.8. The van der Waals surface area contributed by atoms with E-state index < -0.39 is 18.1 Å². The molecule has 0 bridgehead atoms. The van der Waals surface area contributed by atoms with Crippen LogP contribution < -0.4 is 4.72 Å². The van der Waals surface area contributed by atoms with Crippen LogP contribution in [0, 0.1) is 6.92 Å². The van der Waals surface area contributed by atoms with E-state index in [-0.39, 0.29) is 0 Å². The predicted molar refractivity (Wildman–Crippen MR) is 74.6 cm³/mol. The number of benzene rings is 1. The first-order valence-electron chi connectivity index (χ1n) is 5.39. The Morgan fingerprint density at radius 3 is 2.24 bits per heavy atom. The van der Waals surface area contributed by atoms with E-state index in [9.17, 15) is 8.42 Å². The summed E-state index contributed by atoms with van der Waals surface area (Å²) in [6, 6.07) is 6.82. The summed E-state index contributed by atoms with van der Waals surface area (Å²) >= 11 is 5.82. The molecule has 0 amide bonds. The Bertz CT molecular complexity index is 471. The molecule has 1 aromatic carbocycles. The zero-order valence-corrected chi connectivity index (χ0v) is 12.9. The SMILES string of the molecule is Cc1ccc(S(=O)(=O)NC[Si](C)(C)CCl)cc1. The second-order valence-electron chi connectivity index (χ2n) is 4.94. The van der Waals surface area contributed by atoms with E-state index in [1.807, 2.05) is 6.92 Å². The molecule has 0 fully saturated rings. The number of halogens is 1. The molecule has 1 rings (SSSR count). The second-order valence-corrected chi connectivity index (χ2v) is 12.5. The van der Waals surface area contributed by atoms with Gasteiger partial charge in [0.15, 0.2) is 0 Å². The van der Waals surface area contributed by atoms with E-state index in [2.05, 4.69) is 17.8 Å². The van der Waals surface area contributed by atoms with Crippen LogP contribution in [-0.2, 0) is 10.0 Å². The molecule has 0 spiro atoms. The van der Waals surface area contributed by atoms with Crippen LogP contribution in [0.15, 0.2) is 29.2 Å². The maximum absolute atomic E-state index is 12.0. The fraction of sp³-hybridized carbons (Fsp3) is 0.455. The van der Waals surface area contributed by atoms with Gasteiger partial charge in [-0.2, -0.15) is 0 Å². The molecule has 0 saturated heterocycles. The summed E-state index contributed by atoms with van der Waals surface area (Å²) in [5.74, 6) is 0. The lowest BCUT2D eigenvalue weighted by Crippen LogP contribution is -2.44. The third kappa shape index (κ3) is 4.42. The van der Waals surface area contributed by atoms with E-state index in [0.29, 0.717) is 16.6 Å². The van der Waals surface area contributed by atoms with Gasteiger partial charge in [0, 0.05) is 11.7 Å². The summed E-state index contributed by atoms with van der Waals surface area (Å²) in [7, 11) is -5.05. The van der Waals surface area contributed by atoms with Gasteiger partial charge in [-0.1, -0.05) is 30.8 Å². The maximum Gasteiger partial charge on any atom is 0.240 e. The lowest BCUT2D eigenvalue weighted by atomic mass is 10.2. The number of hydrogen-bond acceptors (Lipinski definition) is 2. The molecule has 0 aliphatic carbocycles. The number of aryl methyl sites for hydroxylation is 1. The van der Waals surface area contributed by atoms with Crippen molar-refractivity contribution < 1.29 is 8.42 Å². The van der Waals surface area contributed by atoms with Gasteiger partial charge >= 0.3 is 0 Å². The van der Waals surface area contributed by atoms with Crippen molar-refractivity contribution in [1.82, 2.24) is 4.72 Å². The van der Waals surface area contributed by atoms with Crippen LogP contribution in [0.1, 0.15) is 5.56 Å². The van der Waals surface area contributed by atoms with Gasteiger partial charge in [0.1, 0.15) is 0 Å². The third-order valence-corrected chi connectivity index (χ3v) is 8.14. The van der Waals surface area contributed by atoms with Gasteiger partial charge in [-0.15, -0.1) is 11.6 Å². The summed E-state index contributed by atoms with van der Waals surface area (Å²) < 4.78 is 26.6. The highest BCUT2D eigenvalue weighted by atomic mass is 35.5. The summed E-state index contributed by atoms with van der Waals surface area (Å²) in [6.45, 7) is 6.03. The molecule has 0 unspecified atom stereocenters. The van der Waals surface area contributed by atoms with Gasteiger partial charge in [0.05, 0.1) is 13.0 Å². The van der Waals surface area contributed by atoms with E-state index in [4.69, 9.17) is 11.6 Å². The van der Waals surface area contributed by atoms with Crippen LogP contribution in [0.5, 0.6) is 0 Å². The Morgan fingerprint density at radius 1 is 1.24 bits per heavy atom. The Hall–Kier alpha value is -0.363. The Morgan fingerprint density at radius 2 is 1.76 bits per heavy atom. The number of sulfonamides is 1. The van der Waals surface area contributed by atoms with E-state index in [1.54, 1.807) is 24.3 Å². The fourth-order valence-electron chi connectivity index (χ4n) is 1.14. The summed E-state index contributed by atoms with van der Waals surface area (Å²) in [5, 5.41) is 0. The molecule has 0 atom stereocenters. The van der Waals surface area contributed by atoms with Crippen molar-refractivity contribution in [3.05, 3.63) is 29.8 Å². The van der Waals surface area contributed by atoms with Gasteiger partial charge in [-0.25, -0.2) is 13.1 Å². The summed E-state index contributed by atoms with van der Waals surface area (Å²) in [4.78, 5) is 0.308. The van der Waals surface area contributed by atoms with Gasteiger partial charge < -0.3 is 0 Å². The van der Waals surface area contributed by atoms with Crippen LogP contribution in [0.2, 0.25) is 13.1 Å². The average molecular weight is 292 g/mol. The maximum atomic E-state index is 12.0. The molecule has 1 aromatic rings. The molecule has 96 valence electrons. The molecule has 0 aliphatic rings. The molecular formula is C11H18ClNO2SSi. The zero-order valence-electron chi connectivity index (χ0n) is 10.3. The first kappa shape index (κ1) is 14.7. The smallest absolute Gasteiger partial charge is 0.214 e. The Kier molecular flexibility index (Phi) is 4.77. The molecule has 0 aliphatic heterocycles. The lowest BCUT2D eigenvalue weighted by molar-refractivity contribution is 0.586. The molecular weight excluding hydrogens is 274 g/mol. The van der Waals surface area contributed by atoms with E-state index in [0.717, 1.165) is 5.56 Å². The molecule has 0 heterocycles. The lowest BCUT2D eigenvalue weighted by Gasteiger charge is -2.19. The minimum Gasteiger partial charge on any atom is -0.214 e. The van der Waals surface area contributed by atoms with Crippen LogP contribution >= 0.6 is 11.6 Å². The fourth-order valence-corrected chi connectivity index (χ4v) is 4.50. The highest BCUT2D eigenvalue weighted by Crippen LogP contribution is 2.11. The molecule has 0 aromatic heterocycles. The normalized spacial score (nSPS) is 12.7.